The van der Waals surface area contributed by atoms with Crippen LogP contribution in [0.1, 0.15) is 19.3 Å². The Kier molecular flexibility index (Phi) is 2.91. The molecule has 0 unspecified atom stereocenters. The lowest BCUT2D eigenvalue weighted by atomic mass is 10.2. The van der Waals surface area contributed by atoms with Gasteiger partial charge in [-0.2, -0.15) is 0 Å². The molecule has 0 bridgehead atoms. The molecule has 1 aliphatic rings. The van der Waals surface area contributed by atoms with Crippen LogP contribution in [-0.4, -0.2) is 19.2 Å². The average molecular weight is 209 g/mol. The van der Waals surface area contributed by atoms with Crippen LogP contribution in [0.3, 0.4) is 0 Å². The van der Waals surface area contributed by atoms with Crippen molar-refractivity contribution in [3.63, 3.8) is 0 Å². The van der Waals surface area contributed by atoms with Crippen molar-refractivity contribution >= 4 is 0 Å². The number of rotatable bonds is 5. The molecule has 2 nitrogen and oxygen atoms in total. The molecule has 0 saturated heterocycles. The third-order valence-corrected chi connectivity index (χ3v) is 3.03. The average Bonchev–Trinajstić information content (AvgIpc) is 2.99. The topological polar surface area (TPSA) is 21.3 Å². The van der Waals surface area contributed by atoms with Gasteiger partial charge in [-0.05, 0) is 38.4 Å². The van der Waals surface area contributed by atoms with Crippen LogP contribution in [0.2, 0.25) is 0 Å². The van der Waals surface area contributed by atoms with E-state index in [9.17, 15) is 4.39 Å². The van der Waals surface area contributed by atoms with Gasteiger partial charge in [-0.1, -0.05) is 6.07 Å². The van der Waals surface area contributed by atoms with Gasteiger partial charge in [-0.15, -0.1) is 0 Å². The first kappa shape index (κ1) is 10.4. The molecule has 0 aromatic heterocycles. The van der Waals surface area contributed by atoms with Crippen LogP contribution in [0.4, 0.5) is 4.39 Å². The second-order valence-electron chi connectivity index (χ2n) is 4.09. The van der Waals surface area contributed by atoms with E-state index in [-0.39, 0.29) is 5.82 Å². The largest absolute Gasteiger partial charge is 0.493 e. The lowest BCUT2D eigenvalue weighted by molar-refractivity contribution is 0.282. The Bertz CT molecular complexity index is 336. The zero-order valence-electron chi connectivity index (χ0n) is 8.92. The van der Waals surface area contributed by atoms with E-state index in [0.29, 0.717) is 17.9 Å². The van der Waals surface area contributed by atoms with Gasteiger partial charge in [-0.3, -0.25) is 0 Å². The molecule has 0 atom stereocenters. The summed E-state index contributed by atoms with van der Waals surface area (Å²) in [5, 5.41) is 3.30. The summed E-state index contributed by atoms with van der Waals surface area (Å²) in [7, 11) is 1.98. The molecule has 0 radical (unpaired) electrons. The highest BCUT2D eigenvalue weighted by Gasteiger charge is 2.40. The molecular formula is C12H16FNO. The molecule has 0 amide bonds. The van der Waals surface area contributed by atoms with E-state index >= 15 is 0 Å². The lowest BCUT2D eigenvalue weighted by Gasteiger charge is -2.14. The van der Waals surface area contributed by atoms with Gasteiger partial charge >= 0.3 is 0 Å². The second kappa shape index (κ2) is 4.19. The minimum atomic E-state index is -0.248. The summed E-state index contributed by atoms with van der Waals surface area (Å²) in [5.74, 6) is 0.365. The predicted octanol–water partition coefficient (Wildman–Crippen LogP) is 2.35. The van der Waals surface area contributed by atoms with Crippen molar-refractivity contribution in [1.29, 1.82) is 0 Å². The second-order valence-corrected chi connectivity index (χ2v) is 4.09. The van der Waals surface area contributed by atoms with Gasteiger partial charge in [0.15, 0.2) is 0 Å². The molecule has 1 N–H and O–H groups in total. The van der Waals surface area contributed by atoms with Crippen molar-refractivity contribution in [2.45, 2.75) is 24.8 Å². The number of nitrogens with one attached hydrogen (secondary N) is 1. The first-order valence-corrected chi connectivity index (χ1v) is 5.31. The molecule has 0 aliphatic heterocycles. The number of ether oxygens (including phenoxy) is 1. The van der Waals surface area contributed by atoms with Crippen LogP contribution >= 0.6 is 0 Å². The van der Waals surface area contributed by atoms with E-state index in [1.165, 1.54) is 25.0 Å². The molecule has 1 aromatic rings. The molecule has 0 heterocycles. The SMILES string of the molecule is CNC1(CCOc2cccc(F)c2)CC1. The minimum Gasteiger partial charge on any atom is -0.493 e. The summed E-state index contributed by atoms with van der Waals surface area (Å²) in [6, 6.07) is 6.28. The molecule has 1 saturated carbocycles. The minimum absolute atomic E-state index is 0.248. The Hall–Kier alpha value is -1.09. The van der Waals surface area contributed by atoms with Crippen LogP contribution in [0, 0.1) is 5.82 Å². The van der Waals surface area contributed by atoms with E-state index in [1.54, 1.807) is 12.1 Å². The monoisotopic (exact) mass is 209 g/mol. The number of hydrogen-bond acceptors (Lipinski definition) is 2. The quantitative estimate of drug-likeness (QED) is 0.803. The van der Waals surface area contributed by atoms with Crippen molar-refractivity contribution in [1.82, 2.24) is 5.32 Å². The fraction of sp³-hybridized carbons (Fsp3) is 0.500. The first-order chi connectivity index (χ1) is 7.24. The van der Waals surface area contributed by atoms with Crippen LogP contribution in [0.5, 0.6) is 5.75 Å². The fourth-order valence-electron chi connectivity index (χ4n) is 1.70. The molecular weight excluding hydrogens is 193 g/mol. The number of benzene rings is 1. The maximum atomic E-state index is 12.8. The van der Waals surface area contributed by atoms with Crippen molar-refractivity contribution in [3.8, 4) is 5.75 Å². The van der Waals surface area contributed by atoms with Crippen LogP contribution in [0.25, 0.3) is 0 Å². The highest BCUT2D eigenvalue weighted by molar-refractivity contribution is 5.22. The maximum Gasteiger partial charge on any atom is 0.126 e. The summed E-state index contributed by atoms with van der Waals surface area (Å²) in [4.78, 5) is 0. The molecule has 1 aromatic carbocycles. The molecule has 82 valence electrons. The highest BCUT2D eigenvalue weighted by atomic mass is 19.1. The van der Waals surface area contributed by atoms with Crippen molar-refractivity contribution in [3.05, 3.63) is 30.1 Å². The van der Waals surface area contributed by atoms with Gasteiger partial charge in [0.05, 0.1) is 6.61 Å². The van der Waals surface area contributed by atoms with Gasteiger partial charge in [-0.25, -0.2) is 4.39 Å². The summed E-state index contributed by atoms with van der Waals surface area (Å²) in [5.41, 5.74) is 0.299. The van der Waals surface area contributed by atoms with E-state index in [1.807, 2.05) is 7.05 Å². The van der Waals surface area contributed by atoms with Gasteiger partial charge in [0.1, 0.15) is 11.6 Å². The fourth-order valence-corrected chi connectivity index (χ4v) is 1.70. The Labute approximate surface area is 89.4 Å². The Morgan fingerprint density at radius 1 is 1.47 bits per heavy atom. The Balaban J connectivity index is 1.78. The standard InChI is InChI=1S/C12H16FNO/c1-14-12(5-6-12)7-8-15-11-4-2-3-10(13)9-11/h2-4,9,14H,5-8H2,1H3. The smallest absolute Gasteiger partial charge is 0.126 e. The summed E-state index contributed by atoms with van der Waals surface area (Å²) >= 11 is 0. The first-order valence-electron chi connectivity index (χ1n) is 5.31. The number of hydrogen-bond donors (Lipinski definition) is 1. The van der Waals surface area contributed by atoms with Crippen molar-refractivity contribution < 1.29 is 9.13 Å². The molecule has 3 heteroatoms. The zero-order valence-corrected chi connectivity index (χ0v) is 8.92. The van der Waals surface area contributed by atoms with Gasteiger partial charge < -0.3 is 10.1 Å². The lowest BCUT2D eigenvalue weighted by Crippen LogP contribution is -2.29. The molecule has 15 heavy (non-hydrogen) atoms. The van der Waals surface area contributed by atoms with Gasteiger partial charge in [0.25, 0.3) is 0 Å². The molecule has 1 fully saturated rings. The van der Waals surface area contributed by atoms with Gasteiger partial charge in [0, 0.05) is 11.6 Å². The van der Waals surface area contributed by atoms with Crippen LogP contribution in [-0.2, 0) is 0 Å². The Morgan fingerprint density at radius 2 is 2.27 bits per heavy atom. The van der Waals surface area contributed by atoms with Gasteiger partial charge in [0.2, 0.25) is 0 Å². The summed E-state index contributed by atoms with van der Waals surface area (Å²) in [6.45, 7) is 0.643. The predicted molar refractivity (Wildman–Crippen MR) is 57.5 cm³/mol. The molecule has 2 rings (SSSR count). The zero-order chi connectivity index (χ0) is 10.7. The van der Waals surface area contributed by atoms with Crippen LogP contribution < -0.4 is 10.1 Å². The van der Waals surface area contributed by atoms with E-state index in [4.69, 9.17) is 4.74 Å². The molecule has 0 spiro atoms. The maximum absolute atomic E-state index is 12.8. The third-order valence-electron chi connectivity index (χ3n) is 3.03. The normalized spacial score (nSPS) is 17.5. The van der Waals surface area contributed by atoms with Crippen molar-refractivity contribution in [2.75, 3.05) is 13.7 Å². The van der Waals surface area contributed by atoms with Crippen molar-refractivity contribution in [2.24, 2.45) is 0 Å². The van der Waals surface area contributed by atoms with E-state index in [2.05, 4.69) is 5.32 Å². The Morgan fingerprint density at radius 3 is 2.87 bits per heavy atom. The summed E-state index contributed by atoms with van der Waals surface area (Å²) < 4.78 is 18.3. The number of halogens is 1. The third kappa shape index (κ3) is 2.69. The summed E-state index contributed by atoms with van der Waals surface area (Å²) in [6.07, 6.45) is 3.42. The van der Waals surface area contributed by atoms with E-state index in [0.717, 1.165) is 6.42 Å². The highest BCUT2D eigenvalue weighted by Crippen LogP contribution is 2.38. The van der Waals surface area contributed by atoms with Crippen LogP contribution in [0.15, 0.2) is 24.3 Å². The van der Waals surface area contributed by atoms with E-state index < -0.39 is 0 Å². The molecule has 1 aliphatic carbocycles.